The van der Waals surface area contributed by atoms with Crippen LogP contribution in [0.4, 0.5) is 14.6 Å². The molecule has 31 heavy (non-hydrogen) atoms. The SMILES string of the molecule is Cc1ccc(S(=O)(=O)N2CC3(CCN(c4cnc5cnn(CC(F)F)c5n4)C3)C2)cc1. The van der Waals surface area contributed by atoms with Crippen molar-refractivity contribution in [1.29, 1.82) is 0 Å². The summed E-state index contributed by atoms with van der Waals surface area (Å²) in [4.78, 5) is 11.2. The highest BCUT2D eigenvalue weighted by molar-refractivity contribution is 7.89. The van der Waals surface area contributed by atoms with Crippen molar-refractivity contribution < 1.29 is 17.2 Å². The van der Waals surface area contributed by atoms with Crippen molar-refractivity contribution >= 4 is 27.0 Å². The van der Waals surface area contributed by atoms with Gasteiger partial charge in [0.1, 0.15) is 17.9 Å². The van der Waals surface area contributed by atoms with Crippen molar-refractivity contribution in [3.05, 3.63) is 42.2 Å². The van der Waals surface area contributed by atoms with E-state index >= 15 is 0 Å². The van der Waals surface area contributed by atoms with Crippen LogP contribution in [0.25, 0.3) is 11.2 Å². The monoisotopic (exact) mass is 448 g/mol. The van der Waals surface area contributed by atoms with Gasteiger partial charge >= 0.3 is 0 Å². The van der Waals surface area contributed by atoms with E-state index in [2.05, 4.69) is 15.1 Å². The van der Waals surface area contributed by atoms with Crippen molar-refractivity contribution in [3.63, 3.8) is 0 Å². The Labute approximate surface area is 178 Å². The summed E-state index contributed by atoms with van der Waals surface area (Å²) in [5, 5.41) is 3.95. The van der Waals surface area contributed by atoms with Crippen LogP contribution >= 0.6 is 0 Å². The highest BCUT2D eigenvalue weighted by Crippen LogP contribution is 2.43. The summed E-state index contributed by atoms with van der Waals surface area (Å²) in [6, 6.07) is 6.88. The van der Waals surface area contributed by atoms with E-state index < -0.39 is 23.0 Å². The van der Waals surface area contributed by atoms with Gasteiger partial charge in [0.25, 0.3) is 6.43 Å². The first kappa shape index (κ1) is 20.3. The molecule has 11 heteroatoms. The molecule has 2 fully saturated rings. The van der Waals surface area contributed by atoms with Crippen molar-refractivity contribution in [2.24, 2.45) is 5.41 Å². The quantitative estimate of drug-likeness (QED) is 0.596. The molecule has 0 amide bonds. The van der Waals surface area contributed by atoms with Crippen molar-refractivity contribution in [2.75, 3.05) is 31.1 Å². The average Bonchev–Trinajstić information content (AvgIpc) is 3.31. The van der Waals surface area contributed by atoms with Crippen LogP contribution in [0.5, 0.6) is 0 Å². The fourth-order valence-electron chi connectivity index (χ4n) is 4.38. The van der Waals surface area contributed by atoms with E-state index in [1.165, 1.54) is 15.2 Å². The third-order valence-electron chi connectivity index (χ3n) is 6.09. The Balaban J connectivity index is 1.30. The molecule has 2 aliphatic heterocycles. The van der Waals surface area contributed by atoms with Gasteiger partial charge in [-0.05, 0) is 25.5 Å². The van der Waals surface area contributed by atoms with Crippen molar-refractivity contribution in [1.82, 2.24) is 24.1 Å². The molecule has 0 N–H and O–H groups in total. The smallest absolute Gasteiger partial charge is 0.258 e. The molecule has 2 aliphatic rings. The van der Waals surface area contributed by atoms with E-state index in [4.69, 9.17) is 0 Å². The Hall–Kier alpha value is -2.66. The zero-order chi connectivity index (χ0) is 21.8. The molecule has 4 heterocycles. The average molecular weight is 448 g/mol. The van der Waals surface area contributed by atoms with Crippen molar-refractivity contribution in [2.45, 2.75) is 31.2 Å². The predicted octanol–water partition coefficient (Wildman–Crippen LogP) is 2.30. The van der Waals surface area contributed by atoms with Gasteiger partial charge in [-0.2, -0.15) is 9.40 Å². The fraction of sp³-hybridized carbons (Fsp3) is 0.450. The number of halogens is 2. The minimum atomic E-state index is -3.50. The number of benzene rings is 1. The number of hydrogen-bond acceptors (Lipinski definition) is 6. The van der Waals surface area contributed by atoms with Crippen LogP contribution in [0.3, 0.4) is 0 Å². The second kappa shape index (κ2) is 7.20. The summed E-state index contributed by atoms with van der Waals surface area (Å²) >= 11 is 0. The normalized spacial score (nSPS) is 18.9. The van der Waals surface area contributed by atoms with Crippen LogP contribution in [-0.4, -0.2) is 65.1 Å². The molecule has 0 bridgehead atoms. The first-order valence-electron chi connectivity index (χ1n) is 10.0. The molecule has 5 rings (SSSR count). The van der Waals surface area contributed by atoms with Gasteiger partial charge in [0.15, 0.2) is 5.65 Å². The maximum atomic E-state index is 12.9. The van der Waals surface area contributed by atoms with E-state index in [1.807, 2.05) is 11.8 Å². The maximum absolute atomic E-state index is 12.9. The second-order valence-electron chi connectivity index (χ2n) is 8.41. The molecule has 3 aromatic rings. The Morgan fingerprint density at radius 2 is 1.87 bits per heavy atom. The first-order chi connectivity index (χ1) is 14.8. The van der Waals surface area contributed by atoms with Gasteiger partial charge in [-0.25, -0.2) is 31.8 Å². The summed E-state index contributed by atoms with van der Waals surface area (Å²) in [6.45, 7) is 3.66. The number of sulfonamides is 1. The Morgan fingerprint density at radius 3 is 2.58 bits per heavy atom. The Morgan fingerprint density at radius 1 is 1.13 bits per heavy atom. The molecule has 0 radical (unpaired) electrons. The molecular weight excluding hydrogens is 426 g/mol. The van der Waals surface area contributed by atoms with E-state index in [-0.39, 0.29) is 5.41 Å². The lowest BCUT2D eigenvalue weighted by Gasteiger charge is -2.46. The van der Waals surface area contributed by atoms with Crippen molar-refractivity contribution in [3.8, 4) is 0 Å². The van der Waals surface area contributed by atoms with E-state index in [0.717, 1.165) is 12.0 Å². The number of aryl methyl sites for hydroxylation is 1. The fourth-order valence-corrected chi connectivity index (χ4v) is 6.04. The standard InChI is InChI=1S/C20H22F2N6O2S/c1-14-2-4-15(5-3-14)31(29,30)27-12-20(13-27)6-7-26(11-20)18-9-23-16-8-24-28(10-17(21)22)19(16)25-18/h2-5,8-9,17H,6-7,10-13H2,1H3. The molecule has 164 valence electrons. The molecule has 0 unspecified atom stereocenters. The van der Waals surface area contributed by atoms with Gasteiger partial charge in [-0.1, -0.05) is 17.7 Å². The van der Waals surface area contributed by atoms with Crippen LogP contribution < -0.4 is 4.90 Å². The Kier molecular flexibility index (Phi) is 4.70. The minimum Gasteiger partial charge on any atom is -0.355 e. The summed E-state index contributed by atoms with van der Waals surface area (Å²) in [6.07, 6.45) is 1.36. The molecule has 0 atom stereocenters. The third kappa shape index (κ3) is 3.55. The largest absolute Gasteiger partial charge is 0.355 e. The number of alkyl halides is 2. The summed E-state index contributed by atoms with van der Waals surface area (Å²) in [7, 11) is -3.50. The highest BCUT2D eigenvalue weighted by Gasteiger charge is 2.52. The van der Waals surface area contributed by atoms with Gasteiger partial charge in [-0.3, -0.25) is 0 Å². The Bertz CT molecular complexity index is 1220. The lowest BCUT2D eigenvalue weighted by atomic mass is 9.81. The summed E-state index contributed by atoms with van der Waals surface area (Å²) in [5.41, 5.74) is 1.68. The molecule has 1 aromatic carbocycles. The molecule has 2 aromatic heterocycles. The zero-order valence-electron chi connectivity index (χ0n) is 16.9. The molecule has 0 saturated carbocycles. The van der Waals surface area contributed by atoms with E-state index in [1.54, 1.807) is 30.5 Å². The van der Waals surface area contributed by atoms with Crippen LogP contribution in [-0.2, 0) is 16.6 Å². The highest BCUT2D eigenvalue weighted by atomic mass is 32.2. The molecular formula is C20H22F2N6O2S. The van der Waals surface area contributed by atoms with E-state index in [0.29, 0.717) is 48.1 Å². The topological polar surface area (TPSA) is 84.2 Å². The van der Waals surface area contributed by atoms with Gasteiger partial charge in [-0.15, -0.1) is 0 Å². The second-order valence-corrected chi connectivity index (χ2v) is 10.4. The number of aromatic nitrogens is 4. The number of nitrogens with zero attached hydrogens (tertiary/aromatic N) is 6. The summed E-state index contributed by atoms with van der Waals surface area (Å²) < 4.78 is 54.0. The number of hydrogen-bond donors (Lipinski definition) is 0. The molecule has 8 nitrogen and oxygen atoms in total. The molecule has 0 aliphatic carbocycles. The number of fused-ring (bicyclic) bond motifs is 1. The van der Waals surface area contributed by atoms with Gasteiger partial charge in [0.05, 0.1) is 17.3 Å². The van der Waals surface area contributed by atoms with Crippen LogP contribution in [0.1, 0.15) is 12.0 Å². The maximum Gasteiger partial charge on any atom is 0.258 e. The zero-order valence-corrected chi connectivity index (χ0v) is 17.8. The number of rotatable bonds is 5. The van der Waals surface area contributed by atoms with Gasteiger partial charge in [0.2, 0.25) is 10.0 Å². The van der Waals surface area contributed by atoms with Crippen LogP contribution in [0.2, 0.25) is 0 Å². The third-order valence-corrected chi connectivity index (χ3v) is 7.89. The summed E-state index contributed by atoms with van der Waals surface area (Å²) in [5.74, 6) is 0.597. The molecule has 1 spiro atoms. The first-order valence-corrected chi connectivity index (χ1v) is 11.5. The van der Waals surface area contributed by atoms with Gasteiger partial charge < -0.3 is 4.90 Å². The predicted molar refractivity (Wildman–Crippen MR) is 111 cm³/mol. The minimum absolute atomic E-state index is 0.127. The van der Waals surface area contributed by atoms with Crippen LogP contribution in [0.15, 0.2) is 41.6 Å². The van der Waals surface area contributed by atoms with Crippen LogP contribution in [0, 0.1) is 12.3 Å². The van der Waals surface area contributed by atoms with Gasteiger partial charge in [0, 0.05) is 31.6 Å². The lowest BCUT2D eigenvalue weighted by Crippen LogP contribution is -2.59. The molecule has 2 saturated heterocycles. The number of anilines is 1. The van der Waals surface area contributed by atoms with E-state index in [9.17, 15) is 17.2 Å². The lowest BCUT2D eigenvalue weighted by molar-refractivity contribution is 0.0936.